The molecule has 0 aliphatic carbocycles. The van der Waals surface area contributed by atoms with Gasteiger partial charge in [0.25, 0.3) is 0 Å². The fraction of sp³-hybridized carbons (Fsp3) is 0.0263. The molecule has 210 valence electrons. The highest BCUT2D eigenvalue weighted by Gasteiger charge is 2.20. The van der Waals surface area contributed by atoms with E-state index in [1.807, 2.05) is 48.8 Å². The second-order valence-electron chi connectivity index (χ2n) is 10.7. The first kappa shape index (κ1) is 25.7. The lowest BCUT2D eigenvalue weighted by atomic mass is 10.1. The highest BCUT2D eigenvalue weighted by molar-refractivity contribution is 6.14. The number of fused-ring (bicyclic) bond motifs is 6. The van der Waals surface area contributed by atoms with Crippen LogP contribution in [0.3, 0.4) is 0 Å². The van der Waals surface area contributed by atoms with E-state index in [0.29, 0.717) is 0 Å². The molecule has 8 aromatic rings. The Balaban J connectivity index is 1.34. The molecule has 0 unspecified atom stereocenters. The highest BCUT2D eigenvalue weighted by Crippen LogP contribution is 2.37. The van der Waals surface area contributed by atoms with Gasteiger partial charge in [-0.1, -0.05) is 60.7 Å². The van der Waals surface area contributed by atoms with E-state index in [4.69, 9.17) is 15.7 Å². The molecule has 0 bridgehead atoms. The molecule has 6 nitrogen and oxygen atoms in total. The summed E-state index contributed by atoms with van der Waals surface area (Å²) < 4.78 is 4.58. The number of rotatable bonds is 6. The molecule has 0 fully saturated rings. The van der Waals surface area contributed by atoms with Gasteiger partial charge in [0.15, 0.2) is 0 Å². The van der Waals surface area contributed by atoms with Crippen LogP contribution in [0.15, 0.2) is 146 Å². The summed E-state index contributed by atoms with van der Waals surface area (Å²) >= 11 is 0. The first-order valence-electron chi connectivity index (χ1n) is 14.6. The third kappa shape index (κ3) is 4.24. The summed E-state index contributed by atoms with van der Waals surface area (Å²) in [6.07, 6.45) is 12.0. The van der Waals surface area contributed by atoms with Crippen molar-refractivity contribution in [1.29, 1.82) is 0 Å². The lowest BCUT2D eigenvalue weighted by Gasteiger charge is -2.10. The van der Waals surface area contributed by atoms with Crippen molar-refractivity contribution in [3.8, 4) is 22.6 Å². The molecule has 0 amide bonds. The maximum Gasteiger partial charge on any atom is 0.116 e. The molecule has 5 aromatic heterocycles. The number of nitrogens with two attached hydrogens (primary N) is 1. The topological polar surface area (TPSA) is 74.6 Å². The zero-order valence-corrected chi connectivity index (χ0v) is 23.9. The monoisotopic (exact) mass is 568 g/mol. The smallest absolute Gasteiger partial charge is 0.116 e. The van der Waals surface area contributed by atoms with Gasteiger partial charge in [-0.2, -0.15) is 0 Å². The Morgan fingerprint density at radius 2 is 1.30 bits per heavy atom. The molecule has 0 saturated carbocycles. The Labute approximate surface area is 254 Å². The van der Waals surface area contributed by atoms with Gasteiger partial charge in [-0.3, -0.25) is 9.97 Å². The van der Waals surface area contributed by atoms with Gasteiger partial charge < -0.3 is 14.9 Å². The van der Waals surface area contributed by atoms with Crippen LogP contribution in [0.2, 0.25) is 0 Å². The fourth-order valence-electron chi connectivity index (χ4n) is 6.09. The molecule has 0 radical (unpaired) electrons. The first-order chi connectivity index (χ1) is 21.8. The van der Waals surface area contributed by atoms with Crippen LogP contribution < -0.4 is 5.73 Å². The van der Waals surface area contributed by atoms with E-state index in [1.165, 1.54) is 5.56 Å². The van der Waals surface area contributed by atoms with Crippen molar-refractivity contribution in [3.63, 3.8) is 0 Å². The van der Waals surface area contributed by atoms with Crippen molar-refractivity contribution in [3.05, 3.63) is 152 Å². The Bertz CT molecular complexity index is 2340. The number of hydrogen-bond acceptors (Lipinski definition) is 4. The molecule has 3 aromatic carbocycles. The Morgan fingerprint density at radius 1 is 0.591 bits per heavy atom. The number of hydrogen-bond donors (Lipinski definition) is 1. The van der Waals surface area contributed by atoms with Crippen molar-refractivity contribution in [1.82, 2.24) is 24.1 Å². The SMILES string of the molecule is N/C=C\C=C/Cc1ccc(-n2c3ccccc3c3nc4c5ncccc5n(-c5ccc(-c6ccccn6)cc5)c4cc32)cc1. The zero-order valence-electron chi connectivity index (χ0n) is 23.9. The molecule has 2 N–H and O–H groups in total. The molecule has 0 atom stereocenters. The summed E-state index contributed by atoms with van der Waals surface area (Å²) in [7, 11) is 0. The predicted octanol–water partition coefficient (Wildman–Crippen LogP) is 8.30. The van der Waals surface area contributed by atoms with Gasteiger partial charge in [-0.05, 0) is 84.9 Å². The van der Waals surface area contributed by atoms with E-state index in [1.54, 1.807) is 6.20 Å². The molecule has 6 heteroatoms. The van der Waals surface area contributed by atoms with Crippen molar-refractivity contribution >= 4 is 44.0 Å². The van der Waals surface area contributed by atoms with Gasteiger partial charge in [0.05, 0.1) is 33.3 Å². The highest BCUT2D eigenvalue weighted by atomic mass is 15.0. The van der Waals surface area contributed by atoms with Crippen molar-refractivity contribution in [2.24, 2.45) is 5.73 Å². The van der Waals surface area contributed by atoms with E-state index in [9.17, 15) is 0 Å². The molecule has 44 heavy (non-hydrogen) atoms. The van der Waals surface area contributed by atoms with Crippen molar-refractivity contribution in [2.75, 3.05) is 0 Å². The summed E-state index contributed by atoms with van der Waals surface area (Å²) in [5.41, 5.74) is 17.8. The molecule has 0 spiro atoms. The maximum atomic E-state index is 5.45. The Kier molecular flexibility index (Phi) is 6.23. The predicted molar refractivity (Wildman–Crippen MR) is 180 cm³/mol. The van der Waals surface area contributed by atoms with Crippen LogP contribution in [0.5, 0.6) is 0 Å². The second kappa shape index (κ2) is 10.7. The van der Waals surface area contributed by atoms with Crippen LogP contribution >= 0.6 is 0 Å². The number of aromatic nitrogens is 5. The van der Waals surface area contributed by atoms with Crippen LogP contribution in [0.4, 0.5) is 0 Å². The minimum Gasteiger partial charge on any atom is -0.405 e. The molecule has 0 aliphatic heterocycles. The largest absolute Gasteiger partial charge is 0.405 e. The van der Waals surface area contributed by atoms with Gasteiger partial charge in [-0.25, -0.2) is 4.98 Å². The average molecular weight is 569 g/mol. The molecular formula is C38H28N6. The van der Waals surface area contributed by atoms with Crippen LogP contribution in [0.1, 0.15) is 5.56 Å². The average Bonchev–Trinajstić information content (AvgIpc) is 3.58. The summed E-state index contributed by atoms with van der Waals surface area (Å²) in [4.78, 5) is 14.7. The van der Waals surface area contributed by atoms with Crippen LogP contribution in [-0.4, -0.2) is 24.1 Å². The van der Waals surface area contributed by atoms with E-state index in [0.717, 1.165) is 73.1 Å². The van der Waals surface area contributed by atoms with Gasteiger partial charge in [-0.15, -0.1) is 0 Å². The van der Waals surface area contributed by atoms with E-state index in [-0.39, 0.29) is 0 Å². The minimum atomic E-state index is 0.839. The van der Waals surface area contributed by atoms with E-state index < -0.39 is 0 Å². The summed E-state index contributed by atoms with van der Waals surface area (Å²) in [5.74, 6) is 0. The minimum absolute atomic E-state index is 0.839. The van der Waals surface area contributed by atoms with Crippen LogP contribution in [0.25, 0.3) is 66.6 Å². The molecule has 8 rings (SSSR count). The van der Waals surface area contributed by atoms with Crippen LogP contribution in [-0.2, 0) is 6.42 Å². The molecule has 5 heterocycles. The van der Waals surface area contributed by atoms with Crippen LogP contribution in [0, 0.1) is 0 Å². The third-order valence-corrected chi connectivity index (χ3v) is 8.11. The first-order valence-corrected chi connectivity index (χ1v) is 14.6. The maximum absolute atomic E-state index is 5.45. The number of nitrogens with zero attached hydrogens (tertiary/aromatic N) is 5. The summed E-state index contributed by atoms with van der Waals surface area (Å²) in [6.45, 7) is 0. The lowest BCUT2D eigenvalue weighted by Crippen LogP contribution is -1.97. The Morgan fingerprint density at radius 3 is 2.09 bits per heavy atom. The third-order valence-electron chi connectivity index (χ3n) is 8.11. The van der Waals surface area contributed by atoms with Gasteiger partial charge in [0, 0.05) is 34.7 Å². The Hall–Kier alpha value is -6.01. The van der Waals surface area contributed by atoms with Crippen molar-refractivity contribution in [2.45, 2.75) is 6.42 Å². The standard InChI is InChI=1S/C38H28N6/c39-22-6-1-2-9-26-14-18-28(19-15-26)43-32-12-4-3-10-30(32)36-34(43)25-35-38(42-36)37-33(13-8-24-41-37)44(35)29-20-16-27(17-21-29)31-11-5-7-23-40-31/h1-8,10-25H,9,39H2/b2-1-,22-6-. The second-order valence-corrected chi connectivity index (χ2v) is 10.7. The number of para-hydroxylation sites is 1. The summed E-state index contributed by atoms with van der Waals surface area (Å²) in [5, 5.41) is 1.11. The number of allylic oxidation sites excluding steroid dienone is 3. The molecular weight excluding hydrogens is 540 g/mol. The molecule has 0 aliphatic rings. The van der Waals surface area contributed by atoms with E-state index >= 15 is 0 Å². The number of benzene rings is 3. The normalized spacial score (nSPS) is 12.1. The quantitative estimate of drug-likeness (QED) is 0.205. The van der Waals surface area contributed by atoms with Gasteiger partial charge in [0.1, 0.15) is 11.0 Å². The lowest BCUT2D eigenvalue weighted by molar-refractivity contribution is 1.15. The van der Waals surface area contributed by atoms with Crippen molar-refractivity contribution < 1.29 is 0 Å². The number of pyridine rings is 3. The van der Waals surface area contributed by atoms with E-state index in [2.05, 4.69) is 105 Å². The van der Waals surface area contributed by atoms with Gasteiger partial charge >= 0.3 is 0 Å². The fourth-order valence-corrected chi connectivity index (χ4v) is 6.09. The summed E-state index contributed by atoms with van der Waals surface area (Å²) in [6, 6.07) is 38.1. The van der Waals surface area contributed by atoms with Gasteiger partial charge in [0.2, 0.25) is 0 Å². The zero-order chi connectivity index (χ0) is 29.5. The molecule has 0 saturated heterocycles.